The molecule has 1 aliphatic rings. The van der Waals surface area contributed by atoms with E-state index >= 15 is 0 Å². The number of ether oxygens (including phenoxy) is 1. The second-order valence-corrected chi connectivity index (χ2v) is 12.3. The first-order chi connectivity index (χ1) is 19.6. The van der Waals surface area contributed by atoms with E-state index in [9.17, 15) is 17.2 Å². The van der Waals surface area contributed by atoms with Crippen LogP contribution in [0.3, 0.4) is 0 Å². The maximum Gasteiger partial charge on any atom is 0.229 e. The number of aromatic nitrogens is 4. The first kappa shape index (κ1) is 28.5. The van der Waals surface area contributed by atoms with Crippen LogP contribution in [-0.2, 0) is 14.6 Å². The van der Waals surface area contributed by atoms with Crippen LogP contribution in [0.1, 0.15) is 37.7 Å². The largest absolute Gasteiger partial charge is 0.375 e. The van der Waals surface area contributed by atoms with E-state index in [2.05, 4.69) is 33.4 Å². The Bertz CT molecular complexity index is 1700. The lowest BCUT2D eigenvalue weighted by Gasteiger charge is -2.39. The molecule has 41 heavy (non-hydrogen) atoms. The molecule has 4 unspecified atom stereocenters. The summed E-state index contributed by atoms with van der Waals surface area (Å²) in [7, 11) is -3.80. The maximum atomic E-state index is 14.9. The van der Waals surface area contributed by atoms with E-state index in [1.807, 2.05) is 6.07 Å². The SMILES string of the molecule is CC1CC(c2ccncc2Nc2ncc3ccc(-c4c(F)cc(S(C)(=O)=O)cc4F)nn23)CC(N)C1OCCC#N. The number of rotatable bonds is 8. The lowest BCUT2D eigenvalue weighted by Crippen LogP contribution is -2.46. The molecular formula is C28H29F2N7O3S. The quantitative estimate of drug-likeness (QED) is 0.290. The number of pyridine rings is 1. The van der Waals surface area contributed by atoms with Crippen molar-refractivity contribution in [1.82, 2.24) is 19.6 Å². The smallest absolute Gasteiger partial charge is 0.229 e. The van der Waals surface area contributed by atoms with Crippen molar-refractivity contribution in [3.05, 3.63) is 66.1 Å². The highest BCUT2D eigenvalue weighted by atomic mass is 32.2. The van der Waals surface area contributed by atoms with Gasteiger partial charge in [-0.2, -0.15) is 14.9 Å². The molecule has 214 valence electrons. The topological polar surface area (TPSA) is 148 Å². The molecule has 0 bridgehead atoms. The molecule has 4 aromatic rings. The summed E-state index contributed by atoms with van der Waals surface area (Å²) in [5.74, 6) is -1.51. The van der Waals surface area contributed by atoms with Crippen LogP contribution in [0.2, 0.25) is 0 Å². The van der Waals surface area contributed by atoms with Gasteiger partial charge < -0.3 is 15.8 Å². The third-order valence-electron chi connectivity index (χ3n) is 7.34. The second kappa shape index (κ2) is 11.5. The molecule has 3 heterocycles. The summed E-state index contributed by atoms with van der Waals surface area (Å²) in [4.78, 5) is 8.22. The number of imidazole rings is 1. The number of nitrogens with zero attached hydrogens (tertiary/aromatic N) is 5. The summed E-state index contributed by atoms with van der Waals surface area (Å²) in [6, 6.07) is 8.42. The number of nitrogens with two attached hydrogens (primary N) is 1. The minimum absolute atomic E-state index is 0.0328. The number of benzene rings is 1. The highest BCUT2D eigenvalue weighted by Crippen LogP contribution is 2.40. The highest BCUT2D eigenvalue weighted by molar-refractivity contribution is 7.90. The minimum Gasteiger partial charge on any atom is -0.375 e. The molecular weight excluding hydrogens is 552 g/mol. The third kappa shape index (κ3) is 5.90. The fourth-order valence-corrected chi connectivity index (χ4v) is 6.08. The van der Waals surface area contributed by atoms with Crippen molar-refractivity contribution in [3.63, 3.8) is 0 Å². The van der Waals surface area contributed by atoms with Gasteiger partial charge in [0.2, 0.25) is 5.95 Å². The number of nitriles is 1. The number of sulfone groups is 1. The first-order valence-electron chi connectivity index (χ1n) is 13.1. The Kier molecular flexibility index (Phi) is 7.99. The van der Waals surface area contributed by atoms with Crippen LogP contribution >= 0.6 is 0 Å². The van der Waals surface area contributed by atoms with E-state index in [4.69, 9.17) is 15.7 Å². The van der Waals surface area contributed by atoms with E-state index in [0.717, 1.165) is 30.4 Å². The van der Waals surface area contributed by atoms with Gasteiger partial charge in [-0.3, -0.25) is 4.98 Å². The van der Waals surface area contributed by atoms with E-state index < -0.39 is 31.9 Å². The predicted molar refractivity (Wildman–Crippen MR) is 148 cm³/mol. The maximum absolute atomic E-state index is 14.9. The molecule has 0 aliphatic heterocycles. The first-order valence-corrected chi connectivity index (χ1v) is 14.9. The number of hydrogen-bond acceptors (Lipinski definition) is 9. The fraction of sp³-hybridized carbons (Fsp3) is 0.357. The van der Waals surface area contributed by atoms with Gasteiger partial charge in [0.1, 0.15) is 11.6 Å². The van der Waals surface area contributed by atoms with Gasteiger partial charge in [0.15, 0.2) is 9.84 Å². The zero-order valence-corrected chi connectivity index (χ0v) is 23.3. The summed E-state index contributed by atoms with van der Waals surface area (Å²) in [5.41, 5.74) is 8.27. The lowest BCUT2D eigenvalue weighted by molar-refractivity contribution is -0.0198. The number of halogens is 2. The van der Waals surface area contributed by atoms with Crippen LogP contribution in [0.15, 0.2) is 53.8 Å². The van der Waals surface area contributed by atoms with E-state index in [1.165, 1.54) is 10.6 Å². The van der Waals surface area contributed by atoms with Crippen LogP contribution < -0.4 is 11.1 Å². The molecule has 10 nitrogen and oxygen atoms in total. The van der Waals surface area contributed by atoms with Crippen LogP contribution in [-0.4, -0.2) is 53.0 Å². The third-order valence-corrected chi connectivity index (χ3v) is 8.44. The average molecular weight is 582 g/mol. The van der Waals surface area contributed by atoms with E-state index in [0.29, 0.717) is 36.6 Å². The molecule has 0 amide bonds. The van der Waals surface area contributed by atoms with Crippen molar-refractivity contribution in [3.8, 4) is 17.3 Å². The minimum atomic E-state index is -3.80. The van der Waals surface area contributed by atoms with Crippen LogP contribution in [0.25, 0.3) is 16.8 Å². The molecule has 1 aliphatic carbocycles. The Morgan fingerprint density at radius 3 is 2.63 bits per heavy atom. The van der Waals surface area contributed by atoms with E-state index in [1.54, 1.807) is 24.7 Å². The Hall–Kier alpha value is -3.99. The Balaban J connectivity index is 1.44. The van der Waals surface area contributed by atoms with Gasteiger partial charge in [-0.05, 0) is 60.6 Å². The molecule has 1 aromatic carbocycles. The van der Waals surface area contributed by atoms with Crippen molar-refractivity contribution in [1.29, 1.82) is 5.26 Å². The van der Waals surface area contributed by atoms with Crippen molar-refractivity contribution in [2.24, 2.45) is 11.7 Å². The molecule has 4 atom stereocenters. The summed E-state index contributed by atoms with van der Waals surface area (Å²) in [6.45, 7) is 2.44. The Labute approximate surface area is 236 Å². The van der Waals surface area contributed by atoms with Crippen LogP contribution in [0.4, 0.5) is 20.4 Å². The predicted octanol–water partition coefficient (Wildman–Crippen LogP) is 4.36. The molecule has 1 fully saturated rings. The highest BCUT2D eigenvalue weighted by Gasteiger charge is 2.35. The van der Waals surface area contributed by atoms with Gasteiger partial charge in [-0.15, -0.1) is 0 Å². The Morgan fingerprint density at radius 2 is 1.95 bits per heavy atom. The number of anilines is 2. The van der Waals surface area contributed by atoms with Crippen LogP contribution in [0.5, 0.6) is 0 Å². The van der Waals surface area contributed by atoms with Crippen molar-refractivity contribution < 1.29 is 21.9 Å². The zero-order chi connectivity index (χ0) is 29.3. The summed E-state index contributed by atoms with van der Waals surface area (Å²) >= 11 is 0. The van der Waals surface area contributed by atoms with Gasteiger partial charge in [0.25, 0.3) is 0 Å². The second-order valence-electron chi connectivity index (χ2n) is 10.3. The van der Waals surface area contributed by atoms with Gasteiger partial charge in [0, 0.05) is 18.5 Å². The number of hydrogen-bond donors (Lipinski definition) is 2. The van der Waals surface area contributed by atoms with Crippen LogP contribution in [0, 0.1) is 28.9 Å². The summed E-state index contributed by atoms with van der Waals surface area (Å²) < 4.78 is 60.7. The summed E-state index contributed by atoms with van der Waals surface area (Å²) in [5, 5.41) is 16.5. The van der Waals surface area contributed by atoms with Gasteiger partial charge in [0.05, 0.1) is 65.0 Å². The number of nitrogens with one attached hydrogen (secondary N) is 1. The fourth-order valence-electron chi connectivity index (χ4n) is 5.44. The average Bonchev–Trinajstić information content (AvgIpc) is 3.31. The molecule has 0 saturated heterocycles. The molecule has 0 radical (unpaired) electrons. The van der Waals surface area contributed by atoms with Crippen molar-refractivity contribution in [2.45, 2.75) is 49.1 Å². The standard InChI is InChI=1S/C28H29F2N7O3S/c1-16-10-17(11-23(32)27(16)40-9-3-7-31)20-6-8-33-15-25(20)35-28-34-14-18-4-5-24(36-37(18)28)26-21(29)12-19(13-22(26)30)41(2,38)39/h4-6,8,12-17,23,27H,3,9-11,32H2,1-2H3,(H,34,35). The van der Waals surface area contributed by atoms with Gasteiger partial charge in [-0.25, -0.2) is 22.2 Å². The number of fused-ring (bicyclic) bond motifs is 1. The molecule has 0 spiro atoms. The van der Waals surface area contributed by atoms with Crippen molar-refractivity contribution in [2.75, 3.05) is 18.2 Å². The zero-order valence-electron chi connectivity index (χ0n) is 22.5. The van der Waals surface area contributed by atoms with Crippen molar-refractivity contribution >= 4 is 27.0 Å². The lowest BCUT2D eigenvalue weighted by atomic mass is 9.74. The molecule has 1 saturated carbocycles. The summed E-state index contributed by atoms with van der Waals surface area (Å²) in [6.07, 6.45) is 7.50. The Morgan fingerprint density at radius 1 is 1.20 bits per heavy atom. The molecule has 5 rings (SSSR count). The molecule has 3 N–H and O–H groups in total. The normalized spacial score (nSPS) is 21.1. The molecule has 13 heteroatoms. The van der Waals surface area contributed by atoms with E-state index in [-0.39, 0.29) is 29.7 Å². The van der Waals surface area contributed by atoms with Gasteiger partial charge in [-0.1, -0.05) is 6.92 Å². The van der Waals surface area contributed by atoms with Gasteiger partial charge >= 0.3 is 0 Å². The molecule has 3 aromatic heterocycles. The monoisotopic (exact) mass is 581 g/mol.